The Hall–Kier alpha value is -3.05. The monoisotopic (exact) mass is 460 g/mol. The number of benzene rings is 1. The molecule has 0 aliphatic carbocycles. The lowest BCUT2D eigenvalue weighted by atomic mass is 10.1. The fraction of sp³-hybridized carbons (Fsp3) is 0.429. The molecule has 0 aliphatic heterocycles. The fourth-order valence-corrected chi connectivity index (χ4v) is 3.62. The lowest BCUT2D eigenvalue weighted by Crippen LogP contribution is -2.28. The molecule has 1 aromatic carbocycles. The lowest BCUT2D eigenvalue weighted by Gasteiger charge is -2.11. The zero-order valence-electron chi connectivity index (χ0n) is 18.7. The number of nitrogens with zero attached hydrogens (tertiary/aromatic N) is 4. The van der Waals surface area contributed by atoms with Crippen LogP contribution in [0.25, 0.3) is 11.0 Å². The predicted molar refractivity (Wildman–Crippen MR) is 124 cm³/mol. The number of nitrogens with one attached hydrogen (secondary N) is 2. The predicted octanol–water partition coefficient (Wildman–Crippen LogP) is 2.44. The van der Waals surface area contributed by atoms with Crippen LogP contribution in [0.5, 0.6) is 11.5 Å². The first kappa shape index (κ1) is 23.6. The number of thioether (sulfide) groups is 1. The summed E-state index contributed by atoms with van der Waals surface area (Å²) in [6.45, 7) is 4.08. The minimum atomic E-state index is -0.236. The molecule has 0 bridgehead atoms. The summed E-state index contributed by atoms with van der Waals surface area (Å²) in [5.41, 5.74) is 1.15. The van der Waals surface area contributed by atoms with E-state index in [0.717, 1.165) is 17.0 Å². The van der Waals surface area contributed by atoms with Crippen molar-refractivity contribution in [3.63, 3.8) is 0 Å². The van der Waals surface area contributed by atoms with Crippen molar-refractivity contribution in [2.45, 2.75) is 18.6 Å². The number of amides is 1. The minimum absolute atomic E-state index is 0.236. The molecule has 0 saturated heterocycles. The van der Waals surface area contributed by atoms with Crippen LogP contribution in [-0.2, 0) is 11.3 Å². The van der Waals surface area contributed by atoms with E-state index in [1.165, 1.54) is 7.11 Å². The molecular formula is C21H28N6O4S. The zero-order valence-corrected chi connectivity index (χ0v) is 19.5. The topological polar surface area (TPSA) is 112 Å². The van der Waals surface area contributed by atoms with Crippen molar-refractivity contribution in [2.24, 2.45) is 0 Å². The van der Waals surface area contributed by atoms with E-state index in [1.54, 1.807) is 55.1 Å². The van der Waals surface area contributed by atoms with Crippen LogP contribution in [0.15, 0.2) is 29.6 Å². The van der Waals surface area contributed by atoms with Gasteiger partial charge in [-0.2, -0.15) is 5.10 Å². The molecule has 3 aromatic rings. The van der Waals surface area contributed by atoms with E-state index in [-0.39, 0.29) is 5.91 Å². The number of fused-ring (bicyclic) bond motifs is 1. The summed E-state index contributed by atoms with van der Waals surface area (Å²) in [5.74, 6) is 2.42. The molecule has 172 valence electrons. The number of anilines is 1. The molecule has 3 rings (SSSR count). The number of carbonyl (C=O) groups excluding carboxylic acids is 1. The molecule has 0 fully saturated rings. The van der Waals surface area contributed by atoms with Crippen LogP contribution >= 0.6 is 11.8 Å². The normalized spacial score (nSPS) is 10.9. The molecule has 0 aliphatic rings. The number of hydrogen-bond donors (Lipinski definition) is 2. The highest BCUT2D eigenvalue weighted by Crippen LogP contribution is 2.25. The van der Waals surface area contributed by atoms with E-state index >= 15 is 0 Å². The van der Waals surface area contributed by atoms with E-state index < -0.39 is 0 Å². The first-order valence-corrected chi connectivity index (χ1v) is 11.2. The molecule has 2 heterocycles. The standard InChI is InChI=1S/C21H28N6O4S/c1-5-32-21-25-18(22-9-11-29-2)16-13-24-27(19(16)26-21)10-8-23-20(28)15-7-6-14(30-3)12-17(15)31-4/h6-7,12-13H,5,8-11H2,1-4H3,(H,23,28)(H,22,25,26). The van der Waals surface area contributed by atoms with Gasteiger partial charge in [0.25, 0.3) is 5.91 Å². The quantitative estimate of drug-likeness (QED) is 0.239. The van der Waals surface area contributed by atoms with Gasteiger partial charge in [-0.15, -0.1) is 0 Å². The Kier molecular flexibility index (Phi) is 8.51. The summed E-state index contributed by atoms with van der Waals surface area (Å²) >= 11 is 1.56. The summed E-state index contributed by atoms with van der Waals surface area (Å²) in [5, 5.41) is 12.1. The van der Waals surface area contributed by atoms with Gasteiger partial charge in [-0.05, 0) is 17.9 Å². The number of rotatable bonds is 12. The third kappa shape index (κ3) is 5.60. The van der Waals surface area contributed by atoms with Gasteiger partial charge in [-0.3, -0.25) is 4.79 Å². The van der Waals surface area contributed by atoms with E-state index in [9.17, 15) is 4.79 Å². The Morgan fingerprint density at radius 1 is 1.16 bits per heavy atom. The first-order valence-electron chi connectivity index (χ1n) is 10.2. The second-order valence-corrected chi connectivity index (χ2v) is 7.87. The van der Waals surface area contributed by atoms with Crippen molar-refractivity contribution in [3.8, 4) is 11.5 Å². The van der Waals surface area contributed by atoms with Gasteiger partial charge in [0.1, 0.15) is 17.3 Å². The van der Waals surface area contributed by atoms with E-state index in [2.05, 4.69) is 32.6 Å². The highest BCUT2D eigenvalue weighted by atomic mass is 32.2. The average molecular weight is 461 g/mol. The molecule has 32 heavy (non-hydrogen) atoms. The number of methoxy groups -OCH3 is 3. The Balaban J connectivity index is 1.73. The van der Waals surface area contributed by atoms with Gasteiger partial charge >= 0.3 is 0 Å². The number of carbonyl (C=O) groups is 1. The SMILES string of the molecule is CCSc1nc(NCCOC)c2cnn(CCNC(=O)c3ccc(OC)cc3OC)c2n1. The van der Waals surface area contributed by atoms with E-state index in [0.29, 0.717) is 54.1 Å². The third-order valence-corrected chi connectivity index (χ3v) is 5.34. The molecular weight excluding hydrogens is 432 g/mol. The van der Waals surface area contributed by atoms with Crippen LogP contribution in [0, 0.1) is 0 Å². The summed E-state index contributed by atoms with van der Waals surface area (Å²) in [4.78, 5) is 21.9. The van der Waals surface area contributed by atoms with E-state index in [4.69, 9.17) is 14.2 Å². The van der Waals surface area contributed by atoms with Crippen LogP contribution in [0.3, 0.4) is 0 Å². The second kappa shape index (κ2) is 11.5. The Labute approximate surface area is 191 Å². The molecule has 2 N–H and O–H groups in total. The average Bonchev–Trinajstić information content (AvgIpc) is 3.22. The zero-order chi connectivity index (χ0) is 22.9. The maximum atomic E-state index is 12.6. The maximum absolute atomic E-state index is 12.6. The van der Waals surface area contributed by atoms with Crippen LogP contribution in [0.4, 0.5) is 5.82 Å². The van der Waals surface area contributed by atoms with E-state index in [1.807, 2.05) is 0 Å². The number of aromatic nitrogens is 4. The lowest BCUT2D eigenvalue weighted by molar-refractivity contribution is 0.0949. The van der Waals surface area contributed by atoms with Crippen molar-refractivity contribution in [2.75, 3.05) is 52.1 Å². The molecule has 0 radical (unpaired) electrons. The molecule has 0 atom stereocenters. The largest absolute Gasteiger partial charge is 0.497 e. The minimum Gasteiger partial charge on any atom is -0.497 e. The van der Waals surface area contributed by atoms with Gasteiger partial charge < -0.3 is 24.8 Å². The Morgan fingerprint density at radius 2 is 2.00 bits per heavy atom. The number of hydrogen-bond acceptors (Lipinski definition) is 9. The van der Waals surface area contributed by atoms with Gasteiger partial charge in [0, 0.05) is 26.3 Å². The third-order valence-electron chi connectivity index (χ3n) is 4.61. The summed E-state index contributed by atoms with van der Waals surface area (Å²) in [7, 11) is 4.74. The molecule has 1 amide bonds. The molecule has 10 nitrogen and oxygen atoms in total. The summed E-state index contributed by atoms with van der Waals surface area (Å²) < 4.78 is 17.4. The van der Waals surface area contributed by atoms with Gasteiger partial charge in [0.05, 0.1) is 44.5 Å². The van der Waals surface area contributed by atoms with Gasteiger partial charge in [-0.1, -0.05) is 18.7 Å². The molecule has 0 saturated carbocycles. The second-order valence-electron chi connectivity index (χ2n) is 6.63. The van der Waals surface area contributed by atoms with Crippen molar-refractivity contribution in [1.29, 1.82) is 0 Å². The summed E-state index contributed by atoms with van der Waals surface area (Å²) in [6, 6.07) is 5.08. The van der Waals surface area contributed by atoms with Crippen molar-refractivity contribution >= 4 is 34.5 Å². The Bertz CT molecular complexity index is 1060. The number of ether oxygens (including phenoxy) is 3. The van der Waals surface area contributed by atoms with Crippen molar-refractivity contribution < 1.29 is 19.0 Å². The highest BCUT2D eigenvalue weighted by Gasteiger charge is 2.15. The fourth-order valence-electron chi connectivity index (χ4n) is 3.06. The molecule has 2 aromatic heterocycles. The van der Waals surface area contributed by atoms with Gasteiger partial charge in [0.2, 0.25) is 0 Å². The highest BCUT2D eigenvalue weighted by molar-refractivity contribution is 7.99. The van der Waals surface area contributed by atoms with Gasteiger partial charge in [0.15, 0.2) is 10.8 Å². The van der Waals surface area contributed by atoms with Crippen molar-refractivity contribution in [3.05, 3.63) is 30.0 Å². The maximum Gasteiger partial charge on any atom is 0.255 e. The summed E-state index contributed by atoms with van der Waals surface area (Å²) in [6.07, 6.45) is 1.74. The van der Waals surface area contributed by atoms with Crippen molar-refractivity contribution in [1.82, 2.24) is 25.1 Å². The molecule has 0 spiro atoms. The Morgan fingerprint density at radius 3 is 2.72 bits per heavy atom. The van der Waals surface area contributed by atoms with Crippen LogP contribution in [0.2, 0.25) is 0 Å². The smallest absolute Gasteiger partial charge is 0.255 e. The molecule has 0 unspecified atom stereocenters. The van der Waals surface area contributed by atoms with Gasteiger partial charge in [-0.25, -0.2) is 14.6 Å². The van der Waals surface area contributed by atoms with Crippen LogP contribution < -0.4 is 20.1 Å². The van der Waals surface area contributed by atoms with Crippen LogP contribution in [-0.4, -0.2) is 72.4 Å². The van der Waals surface area contributed by atoms with Crippen LogP contribution in [0.1, 0.15) is 17.3 Å². The first-order chi connectivity index (χ1) is 15.6. The molecule has 11 heteroatoms.